The van der Waals surface area contributed by atoms with Crippen molar-refractivity contribution in [3.63, 3.8) is 0 Å². The molecule has 29 heavy (non-hydrogen) atoms. The highest BCUT2D eigenvalue weighted by Gasteiger charge is 2.30. The Morgan fingerprint density at radius 1 is 1.21 bits per heavy atom. The molecule has 1 saturated heterocycles. The minimum absolute atomic E-state index is 0.00550. The van der Waals surface area contributed by atoms with Crippen molar-refractivity contribution in [3.8, 4) is 0 Å². The second-order valence-electron chi connectivity index (χ2n) is 7.01. The lowest BCUT2D eigenvalue weighted by Gasteiger charge is -2.21. The van der Waals surface area contributed by atoms with Gasteiger partial charge in [0.05, 0.1) is 24.3 Å². The number of carbonyl (C=O) groups excluding carboxylic acids is 1. The minimum atomic E-state index is -4.39. The van der Waals surface area contributed by atoms with Crippen LogP contribution in [0.2, 0.25) is 0 Å². The predicted molar refractivity (Wildman–Crippen MR) is 96.7 cm³/mol. The summed E-state index contributed by atoms with van der Waals surface area (Å²) in [4.78, 5) is 12.0. The Morgan fingerprint density at radius 2 is 2.00 bits per heavy atom. The molecule has 158 valence electrons. The van der Waals surface area contributed by atoms with Crippen molar-refractivity contribution in [1.82, 2.24) is 10.5 Å². The van der Waals surface area contributed by atoms with Crippen LogP contribution in [-0.4, -0.2) is 30.8 Å². The largest absolute Gasteiger partial charge is 0.416 e. The number of alkyl halides is 3. The van der Waals surface area contributed by atoms with Gasteiger partial charge in [-0.25, -0.2) is 0 Å². The van der Waals surface area contributed by atoms with Gasteiger partial charge >= 0.3 is 6.18 Å². The Kier molecular flexibility index (Phi) is 7.27. The number of rotatable bonds is 8. The van der Waals surface area contributed by atoms with Crippen LogP contribution < -0.4 is 5.32 Å². The summed E-state index contributed by atoms with van der Waals surface area (Å²) in [7, 11) is 0. The van der Waals surface area contributed by atoms with Crippen LogP contribution >= 0.6 is 0 Å². The first-order valence-corrected chi connectivity index (χ1v) is 9.43. The highest BCUT2D eigenvalue weighted by molar-refractivity contribution is 5.78. The second kappa shape index (κ2) is 9.89. The first-order valence-electron chi connectivity index (χ1n) is 9.43. The molecule has 1 aromatic heterocycles. The van der Waals surface area contributed by atoms with E-state index in [-0.39, 0.29) is 25.5 Å². The van der Waals surface area contributed by atoms with Crippen molar-refractivity contribution >= 4 is 5.91 Å². The van der Waals surface area contributed by atoms with Gasteiger partial charge in [0.25, 0.3) is 0 Å². The van der Waals surface area contributed by atoms with Crippen LogP contribution in [0.3, 0.4) is 0 Å². The summed E-state index contributed by atoms with van der Waals surface area (Å²) in [6.45, 7) is 2.13. The molecule has 0 bridgehead atoms. The molecule has 1 aromatic carbocycles. The molecule has 0 spiro atoms. The molecule has 1 amide bonds. The van der Waals surface area contributed by atoms with Crippen LogP contribution in [0.25, 0.3) is 0 Å². The fourth-order valence-corrected chi connectivity index (χ4v) is 3.05. The minimum Gasteiger partial charge on any atom is -0.381 e. The van der Waals surface area contributed by atoms with Crippen LogP contribution in [0.5, 0.6) is 0 Å². The Hall–Kier alpha value is -2.39. The maximum atomic E-state index is 12.7. The maximum absolute atomic E-state index is 12.7. The molecule has 1 fully saturated rings. The number of aromatic nitrogens is 1. The van der Waals surface area contributed by atoms with Crippen molar-refractivity contribution < 1.29 is 32.0 Å². The molecule has 2 heterocycles. The molecule has 0 aliphatic carbocycles. The van der Waals surface area contributed by atoms with Crippen molar-refractivity contribution in [1.29, 1.82) is 0 Å². The Labute approximate surface area is 166 Å². The molecule has 6 nitrogen and oxygen atoms in total. The van der Waals surface area contributed by atoms with E-state index in [1.54, 1.807) is 12.1 Å². The van der Waals surface area contributed by atoms with Crippen LogP contribution in [0.4, 0.5) is 13.2 Å². The summed E-state index contributed by atoms with van der Waals surface area (Å²) in [5.41, 5.74) is 0.173. The molecule has 0 radical (unpaired) electrons. The molecule has 3 rings (SSSR count). The van der Waals surface area contributed by atoms with Crippen LogP contribution in [0, 0.1) is 5.92 Å². The van der Waals surface area contributed by atoms with Crippen molar-refractivity contribution in [2.24, 2.45) is 5.92 Å². The third kappa shape index (κ3) is 6.86. The van der Waals surface area contributed by atoms with Gasteiger partial charge in [0.1, 0.15) is 6.61 Å². The lowest BCUT2D eigenvalue weighted by Crippen LogP contribution is -2.33. The Balaban J connectivity index is 1.40. The molecule has 0 unspecified atom stereocenters. The molecule has 1 N–H and O–H groups in total. The second-order valence-corrected chi connectivity index (χ2v) is 7.01. The van der Waals surface area contributed by atoms with Gasteiger partial charge < -0.3 is 19.3 Å². The molecule has 0 saturated carbocycles. The van der Waals surface area contributed by atoms with Gasteiger partial charge in [0.2, 0.25) is 5.91 Å². The average Bonchev–Trinajstić information content (AvgIpc) is 3.14. The number of nitrogens with zero attached hydrogens (tertiary/aromatic N) is 1. The normalized spacial score (nSPS) is 15.4. The van der Waals surface area contributed by atoms with Gasteiger partial charge in [0.15, 0.2) is 5.76 Å². The fraction of sp³-hybridized carbons (Fsp3) is 0.500. The summed E-state index contributed by atoms with van der Waals surface area (Å²) in [6.07, 6.45) is -2.41. The molecule has 0 atom stereocenters. The van der Waals surface area contributed by atoms with E-state index in [0.29, 0.717) is 29.5 Å². The summed E-state index contributed by atoms with van der Waals surface area (Å²) >= 11 is 0. The number of hydrogen-bond donors (Lipinski definition) is 1. The number of nitrogens with one attached hydrogen (secondary N) is 1. The zero-order chi connectivity index (χ0) is 20.7. The van der Waals surface area contributed by atoms with Crippen molar-refractivity contribution in [3.05, 3.63) is 52.9 Å². The van der Waals surface area contributed by atoms with E-state index >= 15 is 0 Å². The van der Waals surface area contributed by atoms with E-state index in [2.05, 4.69) is 10.5 Å². The lowest BCUT2D eigenvalue weighted by atomic mass is 10.0. The number of ether oxygens (including phenoxy) is 2. The zero-order valence-corrected chi connectivity index (χ0v) is 15.8. The molecule has 2 aromatic rings. The standard InChI is InChI=1S/C20H23F3N2O4/c21-20(22,23)16-3-1-2-15(8-16)12-28-13-18-9-17(25-29-18)10-19(26)24-11-14-4-6-27-7-5-14/h1-3,8-9,14H,4-7,10-13H2,(H,24,26). The Bertz CT molecular complexity index is 801. The van der Waals surface area contributed by atoms with Crippen molar-refractivity contribution in [2.45, 2.75) is 38.7 Å². The van der Waals surface area contributed by atoms with E-state index in [1.807, 2.05) is 0 Å². The number of benzene rings is 1. The van der Waals surface area contributed by atoms with Gasteiger partial charge in [-0.1, -0.05) is 17.3 Å². The monoisotopic (exact) mass is 412 g/mol. The van der Waals surface area contributed by atoms with E-state index in [0.717, 1.165) is 38.2 Å². The Morgan fingerprint density at radius 3 is 2.76 bits per heavy atom. The fourth-order valence-electron chi connectivity index (χ4n) is 3.05. The highest BCUT2D eigenvalue weighted by atomic mass is 19.4. The predicted octanol–water partition coefficient (Wildman–Crippen LogP) is 3.50. The lowest BCUT2D eigenvalue weighted by molar-refractivity contribution is -0.137. The van der Waals surface area contributed by atoms with Crippen LogP contribution in [0.15, 0.2) is 34.9 Å². The number of halogens is 3. The smallest absolute Gasteiger partial charge is 0.381 e. The summed E-state index contributed by atoms with van der Waals surface area (Å²) < 4.78 is 54.0. The SMILES string of the molecule is O=C(Cc1cc(COCc2cccc(C(F)(F)F)c2)on1)NCC1CCOCC1. The zero-order valence-electron chi connectivity index (χ0n) is 15.8. The van der Waals surface area contributed by atoms with Crippen LogP contribution in [-0.2, 0) is 40.1 Å². The summed E-state index contributed by atoms with van der Waals surface area (Å²) in [6, 6.07) is 6.57. The van der Waals surface area contributed by atoms with Gasteiger partial charge in [-0.3, -0.25) is 4.79 Å². The number of amides is 1. The molecule has 1 aliphatic heterocycles. The van der Waals surface area contributed by atoms with Gasteiger partial charge in [-0.2, -0.15) is 13.2 Å². The van der Waals surface area contributed by atoms with Crippen LogP contribution in [0.1, 0.15) is 35.4 Å². The molecule has 9 heteroatoms. The first kappa shape index (κ1) is 21.3. The van der Waals surface area contributed by atoms with E-state index < -0.39 is 11.7 Å². The molecular weight excluding hydrogens is 389 g/mol. The topological polar surface area (TPSA) is 73.6 Å². The van der Waals surface area contributed by atoms with Gasteiger partial charge in [-0.05, 0) is 36.5 Å². The molecule has 1 aliphatic rings. The van der Waals surface area contributed by atoms with Gasteiger partial charge in [-0.15, -0.1) is 0 Å². The van der Waals surface area contributed by atoms with E-state index in [9.17, 15) is 18.0 Å². The average molecular weight is 412 g/mol. The molecular formula is C20H23F3N2O4. The summed E-state index contributed by atoms with van der Waals surface area (Å²) in [5, 5.41) is 6.73. The quantitative estimate of drug-likeness (QED) is 0.719. The third-order valence-electron chi connectivity index (χ3n) is 4.65. The highest BCUT2D eigenvalue weighted by Crippen LogP contribution is 2.29. The first-order chi connectivity index (χ1) is 13.9. The number of hydrogen-bond acceptors (Lipinski definition) is 5. The summed E-state index contributed by atoms with van der Waals surface area (Å²) in [5.74, 6) is 0.704. The van der Waals surface area contributed by atoms with E-state index in [1.165, 1.54) is 6.07 Å². The van der Waals surface area contributed by atoms with E-state index in [4.69, 9.17) is 14.0 Å². The van der Waals surface area contributed by atoms with Gasteiger partial charge in [0, 0.05) is 25.8 Å². The van der Waals surface area contributed by atoms with Crippen molar-refractivity contribution in [2.75, 3.05) is 19.8 Å². The third-order valence-corrected chi connectivity index (χ3v) is 4.65. The maximum Gasteiger partial charge on any atom is 0.416 e. The number of carbonyl (C=O) groups is 1.